The van der Waals surface area contributed by atoms with Crippen molar-refractivity contribution in [2.45, 2.75) is 298 Å². The monoisotopic (exact) mass is 1350 g/mol. The van der Waals surface area contributed by atoms with Gasteiger partial charge in [-0.3, -0.25) is 4.79 Å². The number of aliphatic hydroxyl groups excluding tert-OH is 16. The van der Waals surface area contributed by atoms with Crippen molar-refractivity contribution in [3.8, 4) is 0 Å². The van der Waals surface area contributed by atoms with Gasteiger partial charge in [0.15, 0.2) is 37.7 Å². The maximum absolute atomic E-state index is 13.3. The van der Waals surface area contributed by atoms with E-state index in [1.54, 1.807) is 0 Å². The number of carbonyl (C=O) groups is 1. The van der Waals surface area contributed by atoms with E-state index in [1.165, 1.54) is 19.4 Å². The Hall–Kier alpha value is -1.91. The van der Waals surface area contributed by atoms with Crippen molar-refractivity contribution < 1.29 is 148 Å². The molecular weight excluding hydrogens is 1250 g/mol. The number of allylic oxidation sites excluding steroid dienone is 2. The highest BCUT2D eigenvalue weighted by Gasteiger charge is 2.71. The molecule has 0 aromatic rings. The van der Waals surface area contributed by atoms with Crippen molar-refractivity contribution in [3.05, 3.63) is 11.6 Å². The summed E-state index contributed by atoms with van der Waals surface area (Å²) in [6, 6.07) is 0. The lowest BCUT2D eigenvalue weighted by Crippen LogP contribution is -2.69. The molecule has 0 radical (unpaired) electrons. The summed E-state index contributed by atoms with van der Waals surface area (Å²) in [6.45, 7) is 13.1. The molecule has 0 amide bonds. The van der Waals surface area contributed by atoms with Crippen LogP contribution in [-0.4, -0.2) is 304 Å². The molecule has 11 rings (SSSR count). The third-order valence-corrected chi connectivity index (χ3v) is 25.0. The summed E-state index contributed by atoms with van der Waals surface area (Å²) in [5.74, 6) is -0.680. The van der Waals surface area contributed by atoms with E-state index in [0.29, 0.717) is 25.7 Å². The van der Waals surface area contributed by atoms with Gasteiger partial charge in [0.25, 0.3) is 0 Å². The zero-order chi connectivity index (χ0) is 68.4. The van der Waals surface area contributed by atoms with Crippen LogP contribution in [0.3, 0.4) is 0 Å². The van der Waals surface area contributed by atoms with E-state index >= 15 is 0 Å². The average molecular weight is 1350 g/mol. The number of hydrogen-bond acceptors (Lipinski definition) is 29. The van der Waals surface area contributed by atoms with Crippen LogP contribution in [0.5, 0.6) is 0 Å². The molecule has 37 atom stereocenters. The lowest BCUT2D eigenvalue weighted by molar-refractivity contribution is -0.406. The van der Waals surface area contributed by atoms with Gasteiger partial charge in [-0.1, -0.05) is 53.2 Å². The summed E-state index contributed by atoms with van der Waals surface area (Å²) < 4.78 is 72.4. The van der Waals surface area contributed by atoms with Crippen molar-refractivity contribution >= 4 is 5.97 Å². The molecule has 0 bridgehead atoms. The van der Waals surface area contributed by atoms with Crippen LogP contribution in [0.2, 0.25) is 0 Å². The molecule has 0 unspecified atom stereocenters. The molecule has 0 spiro atoms. The normalized spacial score (nSPS) is 55.3. The summed E-state index contributed by atoms with van der Waals surface area (Å²) in [7, 11) is 0. The second-order valence-corrected chi connectivity index (χ2v) is 30.8. The minimum Gasteiger partial charge on any atom is -0.481 e. The standard InChI is InChI=1S/C64H104O30/c1-25-36(70)40(74)43(77)53(85-25)93-50-46(80)56(88-32(21-66)48(50)91-54-44(78)41(75)47(31(20-65)87-54)90-52-42(76)38(72)29(68)22-83-52)92-49-37(71)26(2)86-55(45(49)79)94-51-39(73)30(69)23-84-57(51)89-35-12-13-60(5)33(61(35,6)24-67)11-14-63(8)34(60)10-9-27-28-19-59(3,4)15-17-64(28,58(81)82)18-16-62(27,63)7/h9,25-26,28-57,65-80H,10-24H2,1-8H3,(H,81,82)/t25-,26-,28-,29+,30-,31+,32+,33+,34+,35-,36-,37-,38-,39-,40+,41+,42+,43+,44+,45+,46+,47+,48-,49+,50+,51+,52-,53-,54-,55-,56-,57-,60-,61-,62+,63+,64-/m0/s1. The molecule has 0 aromatic heterocycles. The van der Waals surface area contributed by atoms with E-state index < -0.39 is 221 Å². The summed E-state index contributed by atoms with van der Waals surface area (Å²) >= 11 is 0. The first-order chi connectivity index (χ1) is 44.1. The fourth-order valence-corrected chi connectivity index (χ4v) is 18.9. The van der Waals surface area contributed by atoms with E-state index in [2.05, 4.69) is 40.7 Å². The quantitative estimate of drug-likeness (QED) is 0.0526. The predicted octanol–water partition coefficient (Wildman–Crippen LogP) is -3.52. The van der Waals surface area contributed by atoms with Crippen LogP contribution < -0.4 is 0 Å². The summed E-state index contributed by atoms with van der Waals surface area (Å²) in [6.07, 6.45) is -41.2. The number of aliphatic carboxylic acids is 1. The highest BCUT2D eigenvalue weighted by Crippen LogP contribution is 2.76. The Kier molecular flexibility index (Phi) is 21.4. The largest absolute Gasteiger partial charge is 0.481 e. The number of carboxylic acids is 1. The molecule has 6 heterocycles. The van der Waals surface area contributed by atoms with Crippen LogP contribution in [0.15, 0.2) is 11.6 Å². The Balaban J connectivity index is 0.805. The van der Waals surface area contributed by atoms with Crippen LogP contribution in [0.25, 0.3) is 0 Å². The second-order valence-electron chi connectivity index (χ2n) is 30.8. The molecule has 10 fully saturated rings. The Bertz CT molecular complexity index is 2640. The number of ether oxygens (including phenoxy) is 12. The van der Waals surface area contributed by atoms with Crippen molar-refractivity contribution in [1.82, 2.24) is 0 Å². The Morgan fingerprint density at radius 3 is 1.66 bits per heavy atom. The van der Waals surface area contributed by atoms with Crippen LogP contribution >= 0.6 is 0 Å². The Morgan fingerprint density at radius 2 is 1.01 bits per heavy atom. The number of aliphatic hydroxyl groups is 16. The van der Waals surface area contributed by atoms with Gasteiger partial charge in [-0.25, -0.2) is 0 Å². The second kappa shape index (κ2) is 27.5. The first-order valence-electron chi connectivity index (χ1n) is 33.5. The van der Waals surface area contributed by atoms with Crippen LogP contribution in [0.4, 0.5) is 0 Å². The third-order valence-electron chi connectivity index (χ3n) is 25.0. The molecular formula is C64H104O30. The predicted molar refractivity (Wildman–Crippen MR) is 315 cm³/mol. The lowest BCUT2D eigenvalue weighted by atomic mass is 9.33. The Labute approximate surface area is 545 Å². The maximum Gasteiger partial charge on any atom is 0.310 e. The van der Waals surface area contributed by atoms with Crippen LogP contribution in [-0.2, 0) is 61.6 Å². The topological polar surface area (TPSA) is 472 Å². The molecule has 30 heteroatoms. The van der Waals surface area contributed by atoms with Crippen LogP contribution in [0, 0.1) is 50.2 Å². The zero-order valence-corrected chi connectivity index (χ0v) is 54.6. The molecule has 4 saturated carbocycles. The summed E-state index contributed by atoms with van der Waals surface area (Å²) in [5.41, 5.74) is -1.15. The van der Waals surface area contributed by atoms with Gasteiger partial charge in [-0.05, 0) is 117 Å². The van der Waals surface area contributed by atoms with Gasteiger partial charge >= 0.3 is 5.97 Å². The van der Waals surface area contributed by atoms with Gasteiger partial charge in [-0.15, -0.1) is 0 Å². The van der Waals surface area contributed by atoms with E-state index in [4.69, 9.17) is 56.8 Å². The van der Waals surface area contributed by atoms with Gasteiger partial charge in [-0.2, -0.15) is 0 Å². The molecule has 94 heavy (non-hydrogen) atoms. The number of fused-ring (bicyclic) bond motifs is 7. The molecule has 17 N–H and O–H groups in total. The molecule has 6 saturated heterocycles. The van der Waals surface area contributed by atoms with Crippen molar-refractivity contribution in [2.24, 2.45) is 50.2 Å². The molecule has 11 aliphatic rings. The van der Waals surface area contributed by atoms with Crippen molar-refractivity contribution in [1.29, 1.82) is 0 Å². The third kappa shape index (κ3) is 12.4. The summed E-state index contributed by atoms with van der Waals surface area (Å²) in [4.78, 5) is 13.3. The lowest BCUT2D eigenvalue weighted by Gasteiger charge is -2.71. The van der Waals surface area contributed by atoms with Crippen LogP contribution in [0.1, 0.15) is 120 Å². The molecule has 5 aliphatic carbocycles. The van der Waals surface area contributed by atoms with E-state index in [-0.39, 0.29) is 46.0 Å². The first-order valence-corrected chi connectivity index (χ1v) is 33.5. The number of rotatable bonds is 16. The summed E-state index contributed by atoms with van der Waals surface area (Å²) in [5, 5.41) is 189. The van der Waals surface area contributed by atoms with E-state index in [9.17, 15) is 91.6 Å². The van der Waals surface area contributed by atoms with Crippen molar-refractivity contribution in [2.75, 3.05) is 33.0 Å². The molecule has 0 aromatic carbocycles. The smallest absolute Gasteiger partial charge is 0.310 e. The first kappa shape index (κ1) is 73.3. The molecule has 30 nitrogen and oxygen atoms in total. The Morgan fingerprint density at radius 1 is 0.489 bits per heavy atom. The van der Waals surface area contributed by atoms with E-state index in [1.807, 2.05) is 6.92 Å². The van der Waals surface area contributed by atoms with Gasteiger partial charge in [0.05, 0.1) is 56.8 Å². The maximum atomic E-state index is 13.3. The van der Waals surface area contributed by atoms with E-state index in [0.717, 1.165) is 38.5 Å². The number of carboxylic acid groups (broad SMARTS) is 1. The van der Waals surface area contributed by atoms with Gasteiger partial charge in [0.2, 0.25) is 0 Å². The highest BCUT2D eigenvalue weighted by molar-refractivity contribution is 5.76. The molecule has 6 aliphatic heterocycles. The SMILES string of the molecule is C[C@@H]1O[C@@H](O[C@@H]2[C@@H](O)[C@H](O[C@@H]3[C@@H](O)[C@H](C)O[C@@H](O[C@H]4[C@H](O[C@H]5CC[C@@]6(C)[C@@H](CC[C@]7(C)[C@@H]6CC=C6[C@@H]8CC(C)(C)CC[C@]8(C(=O)O)CC[C@]67C)[C@]5(C)CO)OC[C@H](O)[C@@H]4O)[C@@H]3O)O[C@H](CO)[C@@H]2O[C@@H]2O[C@H](CO)[C@@H](O[C@@H]3OC[C@@H](O)[C@H](O)[C@H]3O)[C@H](O)[C@H]2O)[C@H](O)[C@H](O)[C@H]1O. The molecule has 540 valence electrons. The van der Waals surface area contributed by atoms with Crippen molar-refractivity contribution in [3.63, 3.8) is 0 Å². The minimum atomic E-state index is -2.20. The fourth-order valence-electron chi connectivity index (χ4n) is 18.9. The van der Waals surface area contributed by atoms with Gasteiger partial charge in [0.1, 0.15) is 122 Å². The average Bonchev–Trinajstić information content (AvgIpc) is 0.676. The minimum absolute atomic E-state index is 0.00249. The number of hydrogen-bond donors (Lipinski definition) is 17. The highest BCUT2D eigenvalue weighted by atomic mass is 16.8. The van der Waals surface area contributed by atoms with Gasteiger partial charge in [0, 0.05) is 5.41 Å². The zero-order valence-electron chi connectivity index (χ0n) is 54.6. The fraction of sp³-hybridized carbons (Fsp3) is 0.953. The van der Waals surface area contributed by atoms with Gasteiger partial charge < -0.3 is 144 Å².